The van der Waals surface area contributed by atoms with Crippen molar-refractivity contribution in [3.8, 4) is 5.75 Å². The molecule has 0 radical (unpaired) electrons. The summed E-state index contributed by atoms with van der Waals surface area (Å²) in [6.07, 6.45) is 1.16. The van der Waals surface area contributed by atoms with Crippen molar-refractivity contribution < 1.29 is 57.8 Å². The van der Waals surface area contributed by atoms with E-state index in [2.05, 4.69) is 5.32 Å². The smallest absolute Gasteiger partial charge is 0.868 e. The number of nitrogens with one attached hydrogen (secondary N) is 1. The normalized spacial score (nSPS) is 19.8. The van der Waals surface area contributed by atoms with Crippen LogP contribution in [0.2, 0.25) is 0 Å². The average molecular weight is 441 g/mol. The molecule has 3 heterocycles. The number of amides is 2. The second kappa shape index (κ2) is 9.07. The molecule has 2 aliphatic rings. The third-order valence-electron chi connectivity index (χ3n) is 5.36. The first-order valence-corrected chi connectivity index (χ1v) is 9.38. The van der Waals surface area contributed by atoms with Crippen LogP contribution >= 0.6 is 0 Å². The maximum Gasteiger partial charge on any atom is 1.00 e. The summed E-state index contributed by atoms with van der Waals surface area (Å²) in [6, 6.07) is 2.73. The average Bonchev–Trinajstić information content (AvgIpc) is 2.69. The van der Waals surface area contributed by atoms with E-state index in [1.807, 2.05) is 6.92 Å². The minimum atomic E-state index is -1.12. The Balaban J connectivity index is 0.00000272. The van der Waals surface area contributed by atoms with Gasteiger partial charge in [0.2, 0.25) is 0 Å². The zero-order valence-electron chi connectivity index (χ0n) is 17.0. The van der Waals surface area contributed by atoms with Gasteiger partial charge in [0, 0.05) is 30.4 Å². The third-order valence-corrected chi connectivity index (χ3v) is 5.36. The van der Waals surface area contributed by atoms with E-state index < -0.39 is 46.4 Å². The van der Waals surface area contributed by atoms with Gasteiger partial charge in [0.15, 0.2) is 11.7 Å². The van der Waals surface area contributed by atoms with Gasteiger partial charge in [-0.15, -0.1) is 0 Å². The Morgan fingerprint density at radius 2 is 2.06 bits per heavy atom. The molecule has 2 amide bonds. The molecular weight excluding hydrogens is 423 g/mol. The van der Waals surface area contributed by atoms with Crippen LogP contribution in [-0.4, -0.2) is 40.2 Å². The molecule has 1 N–H and O–H groups in total. The molecule has 2 aliphatic heterocycles. The maximum absolute atomic E-state index is 13.7. The number of fused-ring (bicyclic) bond motifs is 2. The van der Waals surface area contributed by atoms with Gasteiger partial charge in [-0.2, -0.15) is 0 Å². The quantitative estimate of drug-likeness (QED) is 0.541. The third kappa shape index (κ3) is 4.25. The van der Waals surface area contributed by atoms with E-state index in [4.69, 9.17) is 4.74 Å². The van der Waals surface area contributed by atoms with Crippen molar-refractivity contribution in [1.82, 2.24) is 14.8 Å². The standard InChI is InChI=1S/C20H19F2N3O5.Na/c1-10-4-5-30-15-9-24-8-13(17(26)18(27)16(24)20(29)25(10)15)19(28)23-7-11-2-3-12(21)6-14(11)22;/h2-3,6,8,10,15,27H,4-5,7,9H2,1H3,(H,23,28);/q;+1/p-1. The molecule has 1 aromatic carbocycles. The van der Waals surface area contributed by atoms with Gasteiger partial charge in [0.1, 0.15) is 22.9 Å². The molecule has 11 heteroatoms. The number of ether oxygens (including phenoxy) is 1. The summed E-state index contributed by atoms with van der Waals surface area (Å²) < 4.78 is 33.6. The number of hydrogen-bond acceptors (Lipinski definition) is 5. The van der Waals surface area contributed by atoms with Crippen LogP contribution < -0.4 is 45.4 Å². The fourth-order valence-corrected chi connectivity index (χ4v) is 3.74. The van der Waals surface area contributed by atoms with E-state index in [9.17, 15) is 28.3 Å². The van der Waals surface area contributed by atoms with Crippen LogP contribution in [0.25, 0.3) is 0 Å². The first-order chi connectivity index (χ1) is 14.3. The molecule has 1 aromatic heterocycles. The van der Waals surface area contributed by atoms with Crippen molar-refractivity contribution >= 4 is 11.8 Å². The molecule has 2 atom stereocenters. The van der Waals surface area contributed by atoms with E-state index in [1.54, 1.807) is 0 Å². The van der Waals surface area contributed by atoms with Crippen LogP contribution in [0.1, 0.15) is 39.8 Å². The van der Waals surface area contributed by atoms with Crippen LogP contribution in [0.5, 0.6) is 5.75 Å². The first-order valence-electron chi connectivity index (χ1n) is 9.38. The molecule has 1 fully saturated rings. The van der Waals surface area contributed by atoms with E-state index in [0.717, 1.165) is 12.3 Å². The Bertz CT molecular complexity index is 1110. The SMILES string of the molecule is CC1CCOC2Cn3cc(C(=O)NCc4ccc(F)cc4F)c(=O)c([O-])c3C(=O)N12.[Na+]. The number of hydrogen-bond donors (Lipinski definition) is 1. The van der Waals surface area contributed by atoms with E-state index in [0.29, 0.717) is 19.1 Å². The zero-order valence-corrected chi connectivity index (χ0v) is 19.0. The number of halogens is 2. The number of carbonyl (C=O) groups is 2. The van der Waals surface area contributed by atoms with Gasteiger partial charge in [-0.1, -0.05) is 6.07 Å². The van der Waals surface area contributed by atoms with Crippen LogP contribution in [0, 0.1) is 11.6 Å². The van der Waals surface area contributed by atoms with Crippen LogP contribution in [0.4, 0.5) is 8.78 Å². The second-order valence-electron chi connectivity index (χ2n) is 7.30. The summed E-state index contributed by atoms with van der Waals surface area (Å²) >= 11 is 0. The monoisotopic (exact) mass is 441 g/mol. The number of aromatic nitrogens is 1. The molecule has 4 rings (SSSR count). The molecule has 0 bridgehead atoms. The van der Waals surface area contributed by atoms with Gasteiger partial charge < -0.3 is 24.6 Å². The summed E-state index contributed by atoms with van der Waals surface area (Å²) in [7, 11) is 0. The van der Waals surface area contributed by atoms with E-state index in [1.165, 1.54) is 15.5 Å². The topological polar surface area (TPSA) is 104 Å². The Kier molecular flexibility index (Phi) is 6.85. The van der Waals surface area contributed by atoms with Crippen LogP contribution in [-0.2, 0) is 17.8 Å². The number of carbonyl (C=O) groups excluding carboxylic acids is 2. The first kappa shape index (κ1) is 23.4. The molecular formula is C20H18F2N3NaO5. The summed E-state index contributed by atoms with van der Waals surface area (Å²) in [5.41, 5.74) is -1.87. The minimum Gasteiger partial charge on any atom is -0.868 e. The van der Waals surface area contributed by atoms with Crippen molar-refractivity contribution in [1.29, 1.82) is 0 Å². The number of rotatable bonds is 3. The Labute approximate surface area is 198 Å². The largest absolute Gasteiger partial charge is 1.00 e. The Morgan fingerprint density at radius 1 is 1.32 bits per heavy atom. The maximum atomic E-state index is 13.7. The Hall–Kier alpha value is -2.27. The van der Waals surface area contributed by atoms with Crippen LogP contribution in [0.15, 0.2) is 29.2 Å². The molecule has 8 nitrogen and oxygen atoms in total. The van der Waals surface area contributed by atoms with Crippen LogP contribution in [0.3, 0.4) is 0 Å². The van der Waals surface area contributed by atoms with Gasteiger partial charge in [-0.05, 0) is 25.2 Å². The predicted octanol–water partition coefficient (Wildman–Crippen LogP) is -2.28. The van der Waals surface area contributed by atoms with Gasteiger partial charge in [-0.25, -0.2) is 8.78 Å². The molecule has 2 aromatic rings. The fraction of sp³-hybridized carbons (Fsp3) is 0.350. The van der Waals surface area contributed by atoms with Gasteiger partial charge in [0.05, 0.1) is 13.2 Å². The number of benzene rings is 1. The van der Waals surface area contributed by atoms with Gasteiger partial charge in [-0.3, -0.25) is 14.4 Å². The van der Waals surface area contributed by atoms with E-state index in [-0.39, 0.29) is 59.9 Å². The molecule has 0 aliphatic carbocycles. The summed E-state index contributed by atoms with van der Waals surface area (Å²) in [5, 5.41) is 14.9. The molecule has 2 unspecified atom stereocenters. The molecule has 1 saturated heterocycles. The molecule has 158 valence electrons. The molecule has 0 spiro atoms. The van der Waals surface area contributed by atoms with Crippen molar-refractivity contribution in [2.75, 3.05) is 6.61 Å². The minimum absolute atomic E-state index is 0. The summed E-state index contributed by atoms with van der Waals surface area (Å²) in [6.45, 7) is 2.08. The van der Waals surface area contributed by atoms with E-state index >= 15 is 0 Å². The Morgan fingerprint density at radius 3 is 2.77 bits per heavy atom. The number of pyridine rings is 1. The van der Waals surface area contributed by atoms with Crippen molar-refractivity contribution in [2.45, 2.75) is 38.7 Å². The van der Waals surface area contributed by atoms with Crippen molar-refractivity contribution in [3.63, 3.8) is 0 Å². The zero-order chi connectivity index (χ0) is 21.6. The predicted molar refractivity (Wildman–Crippen MR) is 97.7 cm³/mol. The fourth-order valence-electron chi connectivity index (χ4n) is 3.74. The number of nitrogens with zero attached hydrogens (tertiary/aromatic N) is 2. The molecule has 0 saturated carbocycles. The second-order valence-corrected chi connectivity index (χ2v) is 7.30. The van der Waals surface area contributed by atoms with Crippen molar-refractivity contribution in [2.24, 2.45) is 0 Å². The van der Waals surface area contributed by atoms with Gasteiger partial charge in [0.25, 0.3) is 11.8 Å². The summed E-state index contributed by atoms with van der Waals surface area (Å²) in [4.78, 5) is 39.2. The summed E-state index contributed by atoms with van der Waals surface area (Å²) in [5.74, 6) is -4.19. The molecule has 31 heavy (non-hydrogen) atoms. The van der Waals surface area contributed by atoms with Gasteiger partial charge >= 0.3 is 29.6 Å². The van der Waals surface area contributed by atoms with Crippen molar-refractivity contribution in [3.05, 3.63) is 63.1 Å².